The molecule has 1 heterocycles. The molecular formula is C28H31FN4O4. The lowest BCUT2D eigenvalue weighted by Crippen LogP contribution is -2.46. The number of allylic oxidation sites excluding steroid dienone is 1. The number of nitrogens with one attached hydrogen (secondary N) is 1. The van der Waals surface area contributed by atoms with E-state index in [1.54, 1.807) is 6.92 Å². The summed E-state index contributed by atoms with van der Waals surface area (Å²) in [5.74, 6) is -0.706. The van der Waals surface area contributed by atoms with Gasteiger partial charge in [0.2, 0.25) is 0 Å². The van der Waals surface area contributed by atoms with Crippen molar-refractivity contribution < 1.29 is 13.9 Å². The van der Waals surface area contributed by atoms with E-state index >= 15 is 0 Å². The molecule has 37 heavy (non-hydrogen) atoms. The van der Waals surface area contributed by atoms with E-state index < -0.39 is 29.1 Å². The van der Waals surface area contributed by atoms with Crippen molar-refractivity contribution in [3.05, 3.63) is 98.5 Å². The van der Waals surface area contributed by atoms with Crippen LogP contribution in [0.3, 0.4) is 0 Å². The van der Waals surface area contributed by atoms with Gasteiger partial charge in [0.05, 0.1) is 6.54 Å². The first-order valence-electron chi connectivity index (χ1n) is 12.4. The summed E-state index contributed by atoms with van der Waals surface area (Å²) in [6.07, 6.45) is 5.86. The molecule has 0 aliphatic heterocycles. The Morgan fingerprint density at radius 3 is 2.54 bits per heavy atom. The topological polar surface area (TPSA) is 110 Å². The number of anilines is 2. The maximum Gasteiger partial charge on any atom is 0.330 e. The fraction of sp³-hybridized carbons (Fsp3) is 0.321. The molecule has 1 atom stereocenters. The summed E-state index contributed by atoms with van der Waals surface area (Å²) in [5, 5.41) is 0. The number of aromatic nitrogens is 2. The second-order valence-electron chi connectivity index (χ2n) is 9.13. The zero-order valence-corrected chi connectivity index (χ0v) is 20.8. The molecule has 8 nitrogen and oxygen atoms in total. The number of ether oxygens (including phenoxy) is 1. The van der Waals surface area contributed by atoms with Crippen LogP contribution in [-0.2, 0) is 11.3 Å². The lowest BCUT2D eigenvalue weighted by Gasteiger charge is -2.28. The molecule has 4 rings (SSSR count). The fourth-order valence-electron chi connectivity index (χ4n) is 4.47. The summed E-state index contributed by atoms with van der Waals surface area (Å²) in [6.45, 7) is 1.88. The van der Waals surface area contributed by atoms with Gasteiger partial charge in [-0.15, -0.1) is 0 Å². The smallest absolute Gasteiger partial charge is 0.330 e. The Morgan fingerprint density at radius 1 is 1.14 bits per heavy atom. The molecule has 0 saturated carbocycles. The van der Waals surface area contributed by atoms with Gasteiger partial charge in [-0.1, -0.05) is 42.0 Å². The standard InChI is InChI=1S/C28H31FN4O4/c1-19(37-23-14-12-22(29)13-15-23)27(35)32(17-16-20-8-4-2-5-9-20)24-25(30)33(28(36)31-26(24)34)18-21-10-6-3-7-11-21/h3,6-8,10-15,19H,2,4-5,9,16-18,30H2,1H3,(H,31,34,36)/t19-/m0/s1. The third-order valence-corrected chi connectivity index (χ3v) is 6.45. The first-order valence-corrected chi connectivity index (χ1v) is 12.4. The number of rotatable bonds is 9. The van der Waals surface area contributed by atoms with Gasteiger partial charge in [-0.05, 0) is 68.9 Å². The number of hydrogen-bond donors (Lipinski definition) is 2. The molecule has 0 fully saturated rings. The van der Waals surface area contributed by atoms with E-state index in [0.29, 0.717) is 12.2 Å². The van der Waals surface area contributed by atoms with Gasteiger partial charge < -0.3 is 15.4 Å². The number of carbonyl (C=O) groups excluding carboxylic acids is 1. The zero-order valence-electron chi connectivity index (χ0n) is 20.8. The van der Waals surface area contributed by atoms with Crippen molar-refractivity contribution in [3.8, 4) is 5.75 Å². The number of carbonyl (C=O) groups is 1. The third-order valence-electron chi connectivity index (χ3n) is 6.45. The molecule has 0 unspecified atom stereocenters. The minimum atomic E-state index is -1.00. The van der Waals surface area contributed by atoms with Gasteiger partial charge in [0.25, 0.3) is 11.5 Å². The van der Waals surface area contributed by atoms with Crippen LogP contribution in [0.5, 0.6) is 5.75 Å². The quantitative estimate of drug-likeness (QED) is 0.426. The highest BCUT2D eigenvalue weighted by Gasteiger charge is 2.29. The number of nitrogens with two attached hydrogens (primary N) is 1. The van der Waals surface area contributed by atoms with Crippen LogP contribution in [0.25, 0.3) is 0 Å². The molecule has 0 bridgehead atoms. The molecule has 1 aliphatic rings. The Bertz CT molecular complexity index is 1380. The van der Waals surface area contributed by atoms with Crippen molar-refractivity contribution in [2.75, 3.05) is 17.2 Å². The molecule has 1 amide bonds. The van der Waals surface area contributed by atoms with Crippen molar-refractivity contribution in [2.45, 2.75) is 51.7 Å². The Kier molecular flexibility index (Phi) is 8.22. The van der Waals surface area contributed by atoms with E-state index in [1.807, 2.05) is 30.3 Å². The minimum Gasteiger partial charge on any atom is -0.481 e. The van der Waals surface area contributed by atoms with Crippen LogP contribution in [-0.4, -0.2) is 28.1 Å². The van der Waals surface area contributed by atoms with Crippen LogP contribution >= 0.6 is 0 Å². The fourth-order valence-corrected chi connectivity index (χ4v) is 4.47. The number of amides is 1. The van der Waals surface area contributed by atoms with E-state index in [1.165, 1.54) is 39.3 Å². The molecule has 1 aliphatic carbocycles. The summed E-state index contributed by atoms with van der Waals surface area (Å²) in [7, 11) is 0. The number of halogens is 1. The molecule has 2 aromatic carbocycles. The second kappa shape index (κ2) is 11.7. The van der Waals surface area contributed by atoms with Crippen LogP contribution in [0.4, 0.5) is 15.9 Å². The average molecular weight is 507 g/mol. The number of hydrogen-bond acceptors (Lipinski definition) is 5. The average Bonchev–Trinajstić information content (AvgIpc) is 2.90. The van der Waals surface area contributed by atoms with E-state index in [4.69, 9.17) is 10.5 Å². The monoisotopic (exact) mass is 506 g/mol. The second-order valence-corrected chi connectivity index (χ2v) is 9.13. The first kappa shape index (κ1) is 25.9. The van der Waals surface area contributed by atoms with Crippen LogP contribution in [0.2, 0.25) is 0 Å². The van der Waals surface area contributed by atoms with E-state index in [9.17, 15) is 18.8 Å². The molecule has 194 valence electrons. The molecular weight excluding hydrogens is 475 g/mol. The van der Waals surface area contributed by atoms with Gasteiger partial charge in [-0.25, -0.2) is 9.18 Å². The van der Waals surface area contributed by atoms with Gasteiger partial charge in [-0.2, -0.15) is 0 Å². The minimum absolute atomic E-state index is 0.0912. The van der Waals surface area contributed by atoms with Gasteiger partial charge in [0, 0.05) is 6.54 Å². The molecule has 9 heteroatoms. The highest BCUT2D eigenvalue weighted by atomic mass is 19.1. The summed E-state index contributed by atoms with van der Waals surface area (Å²) in [5.41, 5.74) is 6.93. The van der Waals surface area contributed by atoms with E-state index in [-0.39, 0.29) is 24.6 Å². The lowest BCUT2D eigenvalue weighted by atomic mass is 9.97. The molecule has 0 radical (unpaired) electrons. The summed E-state index contributed by atoms with van der Waals surface area (Å²) in [6, 6.07) is 14.5. The molecule has 3 N–H and O–H groups in total. The van der Waals surface area contributed by atoms with E-state index in [2.05, 4.69) is 11.1 Å². The van der Waals surface area contributed by atoms with Crippen LogP contribution in [0.1, 0.15) is 44.6 Å². The van der Waals surface area contributed by atoms with Crippen molar-refractivity contribution in [3.63, 3.8) is 0 Å². The van der Waals surface area contributed by atoms with Crippen molar-refractivity contribution in [2.24, 2.45) is 0 Å². The number of benzene rings is 2. The van der Waals surface area contributed by atoms with Crippen molar-refractivity contribution >= 4 is 17.4 Å². The maximum absolute atomic E-state index is 13.7. The summed E-state index contributed by atoms with van der Waals surface area (Å²) < 4.78 is 20.3. The molecule has 3 aromatic rings. The normalized spacial score (nSPS) is 14.1. The number of aromatic amines is 1. The number of nitrogen functional groups attached to an aromatic ring is 1. The Labute approximate surface area is 214 Å². The number of nitrogens with zero attached hydrogens (tertiary/aromatic N) is 2. The van der Waals surface area contributed by atoms with E-state index in [0.717, 1.165) is 31.2 Å². The molecule has 1 aromatic heterocycles. The Morgan fingerprint density at radius 2 is 1.86 bits per heavy atom. The van der Waals surface area contributed by atoms with Gasteiger partial charge in [0.15, 0.2) is 11.8 Å². The highest BCUT2D eigenvalue weighted by Crippen LogP contribution is 2.25. The first-order chi connectivity index (χ1) is 17.8. The van der Waals surface area contributed by atoms with Crippen molar-refractivity contribution in [1.29, 1.82) is 0 Å². The lowest BCUT2D eigenvalue weighted by molar-refractivity contribution is -0.124. The predicted octanol–water partition coefficient (Wildman–Crippen LogP) is 4.00. The third kappa shape index (κ3) is 6.35. The predicted molar refractivity (Wildman–Crippen MR) is 141 cm³/mol. The van der Waals surface area contributed by atoms with Crippen LogP contribution in [0.15, 0.2) is 75.8 Å². The maximum atomic E-state index is 13.7. The number of H-pyrrole nitrogens is 1. The van der Waals surface area contributed by atoms with Crippen LogP contribution < -0.4 is 26.6 Å². The summed E-state index contributed by atoms with van der Waals surface area (Å²) >= 11 is 0. The Hall–Kier alpha value is -4.14. The molecule has 0 saturated heterocycles. The largest absolute Gasteiger partial charge is 0.481 e. The Balaban J connectivity index is 1.69. The van der Waals surface area contributed by atoms with Crippen LogP contribution in [0, 0.1) is 5.82 Å². The van der Waals surface area contributed by atoms with Gasteiger partial charge >= 0.3 is 5.69 Å². The molecule has 0 spiro atoms. The summed E-state index contributed by atoms with van der Waals surface area (Å²) in [4.78, 5) is 43.0. The highest BCUT2D eigenvalue weighted by molar-refractivity contribution is 5.98. The van der Waals surface area contributed by atoms with Gasteiger partial charge in [0.1, 0.15) is 17.4 Å². The van der Waals surface area contributed by atoms with Gasteiger partial charge in [-0.3, -0.25) is 19.1 Å². The SMILES string of the molecule is C[C@H](Oc1ccc(F)cc1)C(=O)N(CCC1=CCCCC1)c1c(N)n(Cc2ccccc2)c(=O)[nH]c1=O. The zero-order chi connectivity index (χ0) is 26.4. The van der Waals surface area contributed by atoms with Crippen molar-refractivity contribution in [1.82, 2.24) is 9.55 Å².